The molecule has 21 heavy (non-hydrogen) atoms. The molecule has 2 heteroatoms. The lowest BCUT2D eigenvalue weighted by Gasteiger charge is -2.27. The molecule has 1 aliphatic rings. The summed E-state index contributed by atoms with van der Waals surface area (Å²) in [6.07, 6.45) is 7.05. The number of nitrogens with one attached hydrogen (secondary N) is 1. The highest BCUT2D eigenvalue weighted by atomic mass is 14.9. The van der Waals surface area contributed by atoms with Crippen LogP contribution in [0.4, 0.5) is 0 Å². The molecule has 0 amide bonds. The van der Waals surface area contributed by atoms with Gasteiger partial charge in [0.2, 0.25) is 0 Å². The number of hydrogen-bond donors (Lipinski definition) is 1. The second-order valence-corrected chi connectivity index (χ2v) is 7.17. The first-order valence-corrected chi connectivity index (χ1v) is 8.65. The summed E-state index contributed by atoms with van der Waals surface area (Å²) in [5.74, 6) is 1.90. The van der Waals surface area contributed by atoms with Crippen molar-refractivity contribution in [2.45, 2.75) is 72.8 Å². The highest BCUT2D eigenvalue weighted by Crippen LogP contribution is 2.30. The maximum atomic E-state index is 4.62. The molecule has 0 aliphatic heterocycles. The van der Waals surface area contributed by atoms with Crippen LogP contribution in [0.1, 0.15) is 74.5 Å². The number of nitrogens with zero attached hydrogens (tertiary/aromatic N) is 1. The van der Waals surface area contributed by atoms with E-state index in [1.54, 1.807) is 0 Å². The van der Waals surface area contributed by atoms with Crippen LogP contribution in [0.3, 0.4) is 0 Å². The Bertz CT molecular complexity index is 436. The summed E-state index contributed by atoms with van der Waals surface area (Å²) >= 11 is 0. The van der Waals surface area contributed by atoms with Gasteiger partial charge in [-0.25, -0.2) is 0 Å². The standard InChI is InChI=1S/C19H32N2/c1-13-6-8-18(9-7-13)10-11-20-16(4)19-14(2)12-15(3)21-17(19)5/h12-13,16,18,20H,6-11H2,1-5H3. The quantitative estimate of drug-likeness (QED) is 0.835. The minimum atomic E-state index is 0.403. The van der Waals surface area contributed by atoms with Crippen LogP contribution in [0.5, 0.6) is 0 Å². The third-order valence-corrected chi connectivity index (χ3v) is 5.16. The third-order valence-electron chi connectivity index (χ3n) is 5.16. The molecule has 1 atom stereocenters. The summed E-state index contributed by atoms with van der Waals surface area (Å²) < 4.78 is 0. The monoisotopic (exact) mass is 288 g/mol. The van der Waals surface area contributed by atoms with Crippen LogP contribution in [0.15, 0.2) is 6.07 Å². The van der Waals surface area contributed by atoms with Gasteiger partial charge in [-0.05, 0) is 69.7 Å². The fourth-order valence-corrected chi connectivity index (χ4v) is 3.91. The summed E-state index contributed by atoms with van der Waals surface area (Å²) in [7, 11) is 0. The van der Waals surface area contributed by atoms with E-state index in [0.717, 1.165) is 24.1 Å². The summed E-state index contributed by atoms with van der Waals surface area (Å²) in [6.45, 7) is 12.2. The zero-order valence-corrected chi connectivity index (χ0v) is 14.5. The fraction of sp³-hybridized carbons (Fsp3) is 0.737. The first-order valence-electron chi connectivity index (χ1n) is 8.65. The molecule has 1 fully saturated rings. The van der Waals surface area contributed by atoms with Gasteiger partial charge in [-0.15, -0.1) is 0 Å². The lowest BCUT2D eigenvalue weighted by Crippen LogP contribution is -2.24. The summed E-state index contributed by atoms with van der Waals surface area (Å²) in [5, 5.41) is 3.72. The predicted molar refractivity (Wildman–Crippen MR) is 90.6 cm³/mol. The number of aromatic nitrogens is 1. The van der Waals surface area contributed by atoms with Crippen molar-refractivity contribution in [3.63, 3.8) is 0 Å². The fourth-order valence-electron chi connectivity index (χ4n) is 3.91. The first kappa shape index (κ1) is 16.5. The van der Waals surface area contributed by atoms with E-state index in [-0.39, 0.29) is 0 Å². The van der Waals surface area contributed by atoms with Crippen molar-refractivity contribution in [2.24, 2.45) is 11.8 Å². The number of rotatable bonds is 5. The van der Waals surface area contributed by atoms with E-state index in [0.29, 0.717) is 6.04 Å². The van der Waals surface area contributed by atoms with E-state index >= 15 is 0 Å². The molecule has 2 nitrogen and oxygen atoms in total. The lowest BCUT2D eigenvalue weighted by molar-refractivity contribution is 0.273. The van der Waals surface area contributed by atoms with E-state index in [9.17, 15) is 0 Å². The molecule has 0 radical (unpaired) electrons. The molecule has 1 saturated carbocycles. The maximum absolute atomic E-state index is 4.62. The van der Waals surface area contributed by atoms with Gasteiger partial charge in [0.25, 0.3) is 0 Å². The molecule has 118 valence electrons. The Balaban J connectivity index is 1.83. The second-order valence-electron chi connectivity index (χ2n) is 7.17. The van der Waals surface area contributed by atoms with Gasteiger partial charge in [-0.1, -0.05) is 32.6 Å². The summed E-state index contributed by atoms with van der Waals surface area (Å²) in [6, 6.07) is 2.60. The molecule has 1 N–H and O–H groups in total. The van der Waals surface area contributed by atoms with Crippen molar-refractivity contribution in [3.05, 3.63) is 28.6 Å². The molecular formula is C19H32N2. The number of pyridine rings is 1. The molecule has 1 heterocycles. The van der Waals surface area contributed by atoms with Crippen molar-refractivity contribution in [1.82, 2.24) is 10.3 Å². The van der Waals surface area contributed by atoms with Crippen molar-refractivity contribution in [3.8, 4) is 0 Å². The van der Waals surface area contributed by atoms with E-state index in [1.165, 1.54) is 48.9 Å². The van der Waals surface area contributed by atoms with E-state index in [4.69, 9.17) is 0 Å². The smallest absolute Gasteiger partial charge is 0.0426 e. The zero-order chi connectivity index (χ0) is 15.4. The number of aryl methyl sites for hydroxylation is 3. The largest absolute Gasteiger partial charge is 0.310 e. The predicted octanol–water partition coefficient (Wildman–Crippen LogP) is 4.87. The number of hydrogen-bond acceptors (Lipinski definition) is 2. The van der Waals surface area contributed by atoms with Crippen LogP contribution in [0, 0.1) is 32.6 Å². The Labute approximate surface area is 130 Å². The molecular weight excluding hydrogens is 256 g/mol. The van der Waals surface area contributed by atoms with Gasteiger partial charge in [0.1, 0.15) is 0 Å². The van der Waals surface area contributed by atoms with E-state index in [2.05, 4.69) is 51.0 Å². The molecule has 1 aliphatic carbocycles. The third kappa shape index (κ3) is 4.54. The SMILES string of the molecule is Cc1cc(C)c(C(C)NCCC2CCC(C)CC2)c(C)n1. The summed E-state index contributed by atoms with van der Waals surface area (Å²) in [4.78, 5) is 4.62. The van der Waals surface area contributed by atoms with Crippen LogP contribution < -0.4 is 5.32 Å². The zero-order valence-electron chi connectivity index (χ0n) is 14.5. The van der Waals surface area contributed by atoms with Gasteiger partial charge in [0, 0.05) is 17.4 Å². The van der Waals surface area contributed by atoms with Crippen LogP contribution >= 0.6 is 0 Å². The molecule has 1 unspecified atom stereocenters. The Morgan fingerprint density at radius 3 is 2.48 bits per heavy atom. The molecule has 0 bridgehead atoms. The van der Waals surface area contributed by atoms with Gasteiger partial charge in [0.15, 0.2) is 0 Å². The molecule has 0 aromatic carbocycles. The minimum Gasteiger partial charge on any atom is -0.310 e. The minimum absolute atomic E-state index is 0.403. The molecule has 0 saturated heterocycles. The average molecular weight is 288 g/mol. The molecule has 1 aromatic heterocycles. The van der Waals surface area contributed by atoms with E-state index < -0.39 is 0 Å². The van der Waals surface area contributed by atoms with E-state index in [1.807, 2.05) is 0 Å². The van der Waals surface area contributed by atoms with Crippen molar-refractivity contribution in [1.29, 1.82) is 0 Å². The Morgan fingerprint density at radius 1 is 1.19 bits per heavy atom. The lowest BCUT2D eigenvalue weighted by atomic mass is 9.81. The van der Waals surface area contributed by atoms with Gasteiger partial charge in [-0.2, -0.15) is 0 Å². The maximum Gasteiger partial charge on any atom is 0.0426 e. The van der Waals surface area contributed by atoms with Crippen molar-refractivity contribution < 1.29 is 0 Å². The normalized spacial score (nSPS) is 24.0. The molecule has 0 spiro atoms. The van der Waals surface area contributed by atoms with Crippen LogP contribution in [0.25, 0.3) is 0 Å². The van der Waals surface area contributed by atoms with Gasteiger partial charge < -0.3 is 5.32 Å². The van der Waals surface area contributed by atoms with Crippen LogP contribution in [-0.4, -0.2) is 11.5 Å². The highest BCUT2D eigenvalue weighted by Gasteiger charge is 2.18. The molecule has 2 rings (SSSR count). The van der Waals surface area contributed by atoms with Crippen LogP contribution in [0.2, 0.25) is 0 Å². The van der Waals surface area contributed by atoms with Crippen molar-refractivity contribution >= 4 is 0 Å². The highest BCUT2D eigenvalue weighted by molar-refractivity contribution is 5.33. The Hall–Kier alpha value is -0.890. The average Bonchev–Trinajstić information content (AvgIpc) is 2.40. The van der Waals surface area contributed by atoms with Gasteiger partial charge >= 0.3 is 0 Å². The Morgan fingerprint density at radius 2 is 1.86 bits per heavy atom. The van der Waals surface area contributed by atoms with Crippen molar-refractivity contribution in [2.75, 3.05) is 6.54 Å². The van der Waals surface area contributed by atoms with Crippen LogP contribution in [-0.2, 0) is 0 Å². The van der Waals surface area contributed by atoms with Gasteiger partial charge in [0.05, 0.1) is 0 Å². The van der Waals surface area contributed by atoms with Gasteiger partial charge in [-0.3, -0.25) is 4.98 Å². The topological polar surface area (TPSA) is 24.9 Å². The molecule has 1 aromatic rings. The second kappa shape index (κ2) is 7.40. The first-order chi connectivity index (χ1) is 9.97. The summed E-state index contributed by atoms with van der Waals surface area (Å²) in [5.41, 5.74) is 5.06. The Kier molecular flexibility index (Phi) is 5.80.